The first-order valence-corrected chi connectivity index (χ1v) is 8.18. The van der Waals surface area contributed by atoms with Gasteiger partial charge in [-0.1, -0.05) is 25.1 Å². The van der Waals surface area contributed by atoms with Crippen LogP contribution >= 0.6 is 0 Å². The zero-order chi connectivity index (χ0) is 15.2. The van der Waals surface area contributed by atoms with Crippen LogP contribution in [0.15, 0.2) is 35.2 Å². The zero-order valence-electron chi connectivity index (χ0n) is 11.8. The molecule has 0 fully saturated rings. The summed E-state index contributed by atoms with van der Waals surface area (Å²) in [5.74, 6) is -0.614. The van der Waals surface area contributed by atoms with Crippen molar-refractivity contribution in [3.8, 4) is 0 Å². The fourth-order valence-corrected chi connectivity index (χ4v) is 2.87. The van der Waals surface area contributed by atoms with Gasteiger partial charge in [0, 0.05) is 6.42 Å². The standard InChI is InChI=1S/C14H21NO4S/c1-3-14(2,11-16)15-13(17)9-10-20(18,19)12-7-5-4-6-8-12/h4-8,16H,3,9-11H2,1-2H3,(H,15,17). The van der Waals surface area contributed by atoms with Crippen LogP contribution in [0.2, 0.25) is 0 Å². The highest BCUT2D eigenvalue weighted by atomic mass is 32.2. The zero-order valence-corrected chi connectivity index (χ0v) is 12.6. The van der Waals surface area contributed by atoms with E-state index in [0.717, 1.165) is 0 Å². The Labute approximate surface area is 119 Å². The van der Waals surface area contributed by atoms with Gasteiger partial charge in [0.1, 0.15) is 0 Å². The summed E-state index contributed by atoms with van der Waals surface area (Å²) in [6.07, 6.45) is 0.452. The van der Waals surface area contributed by atoms with E-state index in [9.17, 15) is 18.3 Å². The third-order valence-corrected chi connectivity index (χ3v) is 5.00. The van der Waals surface area contributed by atoms with Crippen molar-refractivity contribution in [2.75, 3.05) is 12.4 Å². The SMILES string of the molecule is CCC(C)(CO)NC(=O)CCS(=O)(=O)c1ccccc1. The van der Waals surface area contributed by atoms with Gasteiger partial charge in [0.05, 0.1) is 22.8 Å². The molecule has 1 rings (SSSR count). The molecular formula is C14H21NO4S. The fourth-order valence-electron chi connectivity index (χ4n) is 1.61. The molecule has 6 heteroatoms. The number of aliphatic hydroxyl groups is 1. The van der Waals surface area contributed by atoms with E-state index in [1.807, 2.05) is 6.92 Å². The second-order valence-corrected chi connectivity index (χ2v) is 7.11. The molecule has 1 aromatic rings. The lowest BCUT2D eigenvalue weighted by molar-refractivity contribution is -0.123. The lowest BCUT2D eigenvalue weighted by Crippen LogP contribution is -2.48. The molecule has 1 atom stereocenters. The lowest BCUT2D eigenvalue weighted by atomic mass is 10.0. The van der Waals surface area contributed by atoms with Crippen LogP contribution in [-0.2, 0) is 14.6 Å². The van der Waals surface area contributed by atoms with Crippen LogP contribution in [0.1, 0.15) is 26.7 Å². The minimum atomic E-state index is -3.45. The molecule has 0 aliphatic heterocycles. The maximum Gasteiger partial charge on any atom is 0.221 e. The van der Waals surface area contributed by atoms with Gasteiger partial charge in [0.2, 0.25) is 5.91 Å². The Morgan fingerprint density at radius 2 is 1.90 bits per heavy atom. The van der Waals surface area contributed by atoms with Crippen molar-refractivity contribution >= 4 is 15.7 Å². The molecule has 0 spiro atoms. The number of hydrogen-bond acceptors (Lipinski definition) is 4. The van der Waals surface area contributed by atoms with Gasteiger partial charge >= 0.3 is 0 Å². The van der Waals surface area contributed by atoms with E-state index in [0.29, 0.717) is 6.42 Å². The maximum atomic E-state index is 12.0. The number of hydrogen-bond donors (Lipinski definition) is 2. The minimum Gasteiger partial charge on any atom is -0.394 e. The quantitative estimate of drug-likeness (QED) is 0.790. The topological polar surface area (TPSA) is 83.5 Å². The molecule has 0 bridgehead atoms. The predicted molar refractivity (Wildman–Crippen MR) is 77.0 cm³/mol. The van der Waals surface area contributed by atoms with Crippen molar-refractivity contribution in [3.63, 3.8) is 0 Å². The average molecular weight is 299 g/mol. The number of rotatable bonds is 7. The van der Waals surface area contributed by atoms with E-state index in [-0.39, 0.29) is 29.6 Å². The predicted octanol–water partition coefficient (Wildman–Crippen LogP) is 1.13. The van der Waals surface area contributed by atoms with Gasteiger partial charge in [0.15, 0.2) is 9.84 Å². The molecule has 0 aliphatic rings. The van der Waals surface area contributed by atoms with Gasteiger partial charge < -0.3 is 10.4 Å². The third-order valence-electron chi connectivity index (χ3n) is 3.27. The molecule has 1 unspecified atom stereocenters. The summed E-state index contributed by atoms with van der Waals surface area (Å²) in [5.41, 5.74) is -0.701. The summed E-state index contributed by atoms with van der Waals surface area (Å²) in [4.78, 5) is 12.0. The molecular weight excluding hydrogens is 278 g/mol. The van der Waals surface area contributed by atoms with E-state index in [2.05, 4.69) is 5.32 Å². The van der Waals surface area contributed by atoms with Gasteiger partial charge in [-0.25, -0.2) is 8.42 Å². The summed E-state index contributed by atoms with van der Waals surface area (Å²) in [7, 11) is -3.45. The second-order valence-electron chi connectivity index (χ2n) is 5.00. The van der Waals surface area contributed by atoms with Crippen LogP contribution in [0, 0.1) is 0 Å². The number of carbonyl (C=O) groups is 1. The molecule has 2 N–H and O–H groups in total. The Balaban J connectivity index is 2.62. The number of aliphatic hydroxyl groups excluding tert-OH is 1. The largest absolute Gasteiger partial charge is 0.394 e. The van der Waals surface area contributed by atoms with Crippen molar-refractivity contribution in [2.24, 2.45) is 0 Å². The van der Waals surface area contributed by atoms with E-state index in [1.165, 1.54) is 12.1 Å². The smallest absolute Gasteiger partial charge is 0.221 e. The van der Waals surface area contributed by atoms with Gasteiger partial charge in [-0.3, -0.25) is 4.79 Å². The number of benzene rings is 1. The van der Waals surface area contributed by atoms with Crippen LogP contribution in [0.25, 0.3) is 0 Å². The second kappa shape index (κ2) is 6.85. The molecule has 0 heterocycles. The first-order valence-electron chi connectivity index (χ1n) is 6.52. The molecule has 0 aromatic heterocycles. The number of amides is 1. The molecule has 5 nitrogen and oxygen atoms in total. The van der Waals surface area contributed by atoms with Crippen LogP contribution in [-0.4, -0.2) is 37.3 Å². The van der Waals surface area contributed by atoms with Crippen LogP contribution in [0.5, 0.6) is 0 Å². The summed E-state index contributed by atoms with van der Waals surface area (Å²) >= 11 is 0. The molecule has 0 saturated heterocycles. The van der Waals surface area contributed by atoms with E-state index in [4.69, 9.17) is 0 Å². The van der Waals surface area contributed by atoms with Crippen LogP contribution in [0.4, 0.5) is 0 Å². The highest BCUT2D eigenvalue weighted by molar-refractivity contribution is 7.91. The van der Waals surface area contributed by atoms with Gasteiger partial charge in [-0.05, 0) is 25.5 Å². The van der Waals surface area contributed by atoms with Crippen molar-refractivity contribution in [2.45, 2.75) is 37.1 Å². The third kappa shape index (κ3) is 4.61. The van der Waals surface area contributed by atoms with Crippen molar-refractivity contribution in [1.29, 1.82) is 0 Å². The number of carbonyl (C=O) groups excluding carboxylic acids is 1. The van der Waals surface area contributed by atoms with E-state index < -0.39 is 15.4 Å². The first-order chi connectivity index (χ1) is 9.33. The summed E-state index contributed by atoms with van der Waals surface area (Å²) in [6.45, 7) is 3.38. The Bertz CT molecular complexity index is 536. The van der Waals surface area contributed by atoms with Crippen molar-refractivity contribution in [1.82, 2.24) is 5.32 Å². The Kier molecular flexibility index (Phi) is 5.71. The van der Waals surface area contributed by atoms with Crippen molar-refractivity contribution in [3.05, 3.63) is 30.3 Å². The van der Waals surface area contributed by atoms with Crippen LogP contribution in [0.3, 0.4) is 0 Å². The maximum absolute atomic E-state index is 12.0. The van der Waals surface area contributed by atoms with E-state index in [1.54, 1.807) is 25.1 Å². The summed E-state index contributed by atoms with van der Waals surface area (Å²) in [5, 5.41) is 11.9. The number of nitrogens with one attached hydrogen (secondary N) is 1. The van der Waals surface area contributed by atoms with E-state index >= 15 is 0 Å². The molecule has 0 aliphatic carbocycles. The minimum absolute atomic E-state index is 0.118. The van der Waals surface area contributed by atoms with Gasteiger partial charge in [0.25, 0.3) is 0 Å². The average Bonchev–Trinajstić information content (AvgIpc) is 2.46. The van der Waals surface area contributed by atoms with Gasteiger partial charge in [-0.2, -0.15) is 0 Å². The molecule has 0 saturated carbocycles. The lowest BCUT2D eigenvalue weighted by Gasteiger charge is -2.27. The first kappa shape index (κ1) is 16.7. The summed E-state index contributed by atoms with van der Waals surface area (Å²) in [6, 6.07) is 8.05. The number of sulfone groups is 1. The molecule has 1 aromatic carbocycles. The highest BCUT2D eigenvalue weighted by Gasteiger charge is 2.24. The highest BCUT2D eigenvalue weighted by Crippen LogP contribution is 2.12. The fraction of sp³-hybridized carbons (Fsp3) is 0.500. The Morgan fingerprint density at radius 3 is 2.40 bits per heavy atom. The molecule has 20 heavy (non-hydrogen) atoms. The van der Waals surface area contributed by atoms with Gasteiger partial charge in [-0.15, -0.1) is 0 Å². The Morgan fingerprint density at radius 1 is 1.30 bits per heavy atom. The van der Waals surface area contributed by atoms with Crippen LogP contribution < -0.4 is 5.32 Å². The molecule has 112 valence electrons. The molecule has 0 radical (unpaired) electrons. The van der Waals surface area contributed by atoms with Crippen molar-refractivity contribution < 1.29 is 18.3 Å². The summed E-state index contributed by atoms with van der Waals surface area (Å²) < 4.78 is 24.0. The Hall–Kier alpha value is -1.40. The normalized spacial score (nSPS) is 14.6. The monoisotopic (exact) mass is 299 g/mol. The molecule has 1 amide bonds.